The van der Waals surface area contributed by atoms with Crippen LogP contribution < -0.4 is 9.47 Å². The van der Waals surface area contributed by atoms with Crippen molar-refractivity contribution in [2.75, 3.05) is 67.1 Å². The third-order valence-corrected chi connectivity index (χ3v) is 5.66. The number of benzene rings is 1. The number of nitrogens with zero attached hydrogens (tertiary/aromatic N) is 3. The molecule has 0 atom stereocenters. The van der Waals surface area contributed by atoms with Crippen LogP contribution in [0.5, 0.6) is 11.5 Å². The van der Waals surface area contributed by atoms with Gasteiger partial charge in [0.2, 0.25) is 0 Å². The molecule has 2 aliphatic heterocycles. The first kappa shape index (κ1) is 19.0. The maximum atomic E-state index is 13.0. The summed E-state index contributed by atoms with van der Waals surface area (Å²) in [5.74, 6) is 1.85. The van der Waals surface area contributed by atoms with E-state index in [2.05, 4.69) is 16.8 Å². The van der Waals surface area contributed by atoms with Crippen LogP contribution in [0.15, 0.2) is 18.2 Å². The lowest BCUT2D eigenvalue weighted by atomic mass is 9.95. The highest BCUT2D eigenvalue weighted by Gasteiger charge is 2.29. The summed E-state index contributed by atoms with van der Waals surface area (Å²) in [6.07, 6.45) is 2.13. The molecule has 0 aliphatic carbocycles. The Morgan fingerprint density at radius 3 is 2.12 bits per heavy atom. The molecule has 2 saturated heterocycles. The summed E-state index contributed by atoms with van der Waals surface area (Å²) >= 11 is 0. The van der Waals surface area contributed by atoms with Crippen LogP contribution in [0.4, 0.5) is 0 Å². The van der Waals surface area contributed by atoms with Gasteiger partial charge >= 0.3 is 0 Å². The number of likely N-dealkylation sites (N-methyl/N-ethyl adjacent to an activating group) is 1. The van der Waals surface area contributed by atoms with Crippen molar-refractivity contribution in [2.24, 2.45) is 5.92 Å². The number of piperazine rings is 1. The monoisotopic (exact) mass is 361 g/mol. The highest BCUT2D eigenvalue weighted by molar-refractivity contribution is 5.99. The molecular formula is C20H31N3O3. The molecular weight excluding hydrogens is 330 g/mol. The number of hydrogen-bond donors (Lipinski definition) is 0. The minimum atomic E-state index is 0.0114. The Morgan fingerprint density at radius 2 is 1.58 bits per heavy atom. The number of amides is 1. The van der Waals surface area contributed by atoms with E-state index in [0.717, 1.165) is 58.7 Å². The quantitative estimate of drug-likeness (QED) is 0.800. The third kappa shape index (κ3) is 4.30. The average molecular weight is 361 g/mol. The van der Waals surface area contributed by atoms with Crippen LogP contribution in [0.2, 0.25) is 0 Å². The molecule has 0 unspecified atom stereocenters. The van der Waals surface area contributed by atoms with Gasteiger partial charge in [0.1, 0.15) is 17.1 Å². The zero-order chi connectivity index (χ0) is 18.5. The molecule has 1 aromatic carbocycles. The maximum Gasteiger partial charge on any atom is 0.261 e. The van der Waals surface area contributed by atoms with Gasteiger partial charge in [-0.15, -0.1) is 0 Å². The standard InChI is InChI=1S/C20H31N3O3/c1-21-11-13-22(14-12-21)15-16-7-9-23(10-8-16)20(24)19-17(25-2)5-4-6-18(19)26-3/h4-6,16H,7-15H2,1-3H3. The Morgan fingerprint density at radius 1 is 1.00 bits per heavy atom. The maximum absolute atomic E-state index is 13.0. The van der Waals surface area contributed by atoms with Gasteiger partial charge < -0.3 is 24.2 Å². The van der Waals surface area contributed by atoms with Gasteiger partial charge in [0.05, 0.1) is 14.2 Å². The summed E-state index contributed by atoms with van der Waals surface area (Å²) < 4.78 is 10.8. The van der Waals surface area contributed by atoms with Crippen molar-refractivity contribution in [3.05, 3.63) is 23.8 Å². The fourth-order valence-corrected chi connectivity index (χ4v) is 3.93. The summed E-state index contributed by atoms with van der Waals surface area (Å²) in [7, 11) is 5.37. The van der Waals surface area contributed by atoms with Crippen LogP contribution >= 0.6 is 0 Å². The normalized spacial score (nSPS) is 20.2. The first-order chi connectivity index (χ1) is 12.6. The Hall–Kier alpha value is -1.79. The smallest absolute Gasteiger partial charge is 0.261 e. The molecule has 144 valence electrons. The summed E-state index contributed by atoms with van der Waals surface area (Å²) in [4.78, 5) is 19.9. The third-order valence-electron chi connectivity index (χ3n) is 5.66. The molecule has 6 nitrogen and oxygen atoms in total. The molecule has 0 saturated carbocycles. The molecule has 0 aromatic heterocycles. The molecule has 2 heterocycles. The van der Waals surface area contributed by atoms with E-state index >= 15 is 0 Å². The topological polar surface area (TPSA) is 45.3 Å². The van der Waals surface area contributed by atoms with Crippen molar-refractivity contribution in [3.63, 3.8) is 0 Å². The van der Waals surface area contributed by atoms with Crippen LogP contribution in [0.1, 0.15) is 23.2 Å². The second-order valence-corrected chi connectivity index (χ2v) is 7.38. The van der Waals surface area contributed by atoms with Crippen molar-refractivity contribution in [1.29, 1.82) is 0 Å². The number of carbonyl (C=O) groups is 1. The highest BCUT2D eigenvalue weighted by Crippen LogP contribution is 2.31. The second-order valence-electron chi connectivity index (χ2n) is 7.38. The molecule has 26 heavy (non-hydrogen) atoms. The Bertz CT molecular complexity index is 584. The number of hydrogen-bond acceptors (Lipinski definition) is 5. The van der Waals surface area contributed by atoms with Gasteiger partial charge in [0.25, 0.3) is 5.91 Å². The molecule has 0 N–H and O–H groups in total. The van der Waals surface area contributed by atoms with Crippen LogP contribution in [0.3, 0.4) is 0 Å². The van der Waals surface area contributed by atoms with Gasteiger partial charge in [-0.3, -0.25) is 4.79 Å². The number of likely N-dealkylation sites (tertiary alicyclic amines) is 1. The zero-order valence-electron chi connectivity index (χ0n) is 16.2. The van der Waals surface area contributed by atoms with Gasteiger partial charge in [-0.25, -0.2) is 0 Å². The molecule has 0 bridgehead atoms. The van der Waals surface area contributed by atoms with Crippen LogP contribution in [0.25, 0.3) is 0 Å². The summed E-state index contributed by atoms with van der Waals surface area (Å²) in [5.41, 5.74) is 0.537. The largest absolute Gasteiger partial charge is 0.496 e. The zero-order valence-corrected chi connectivity index (χ0v) is 16.2. The molecule has 1 aromatic rings. The molecule has 3 rings (SSSR count). The van der Waals surface area contributed by atoms with Crippen molar-refractivity contribution >= 4 is 5.91 Å². The number of carbonyl (C=O) groups excluding carboxylic acids is 1. The number of rotatable bonds is 5. The summed E-state index contributed by atoms with van der Waals surface area (Å²) in [5, 5.41) is 0. The highest BCUT2D eigenvalue weighted by atomic mass is 16.5. The van der Waals surface area contributed by atoms with E-state index in [4.69, 9.17) is 9.47 Å². The van der Waals surface area contributed by atoms with Crippen LogP contribution in [0, 0.1) is 5.92 Å². The lowest BCUT2D eigenvalue weighted by molar-refractivity contribution is 0.0637. The predicted octanol–water partition coefficient (Wildman–Crippen LogP) is 1.80. The lowest BCUT2D eigenvalue weighted by Gasteiger charge is -2.38. The van der Waals surface area contributed by atoms with Crippen molar-refractivity contribution in [1.82, 2.24) is 14.7 Å². The van der Waals surface area contributed by atoms with Crippen molar-refractivity contribution < 1.29 is 14.3 Å². The van der Waals surface area contributed by atoms with E-state index in [1.807, 2.05) is 23.1 Å². The Kier molecular flexibility index (Phi) is 6.38. The molecule has 2 fully saturated rings. The van der Waals surface area contributed by atoms with E-state index in [0.29, 0.717) is 23.0 Å². The number of methoxy groups -OCH3 is 2. The van der Waals surface area contributed by atoms with Gasteiger partial charge in [-0.2, -0.15) is 0 Å². The van der Waals surface area contributed by atoms with Crippen molar-refractivity contribution in [2.45, 2.75) is 12.8 Å². The fraction of sp³-hybridized carbons (Fsp3) is 0.650. The van der Waals surface area contributed by atoms with Crippen LogP contribution in [-0.4, -0.2) is 87.7 Å². The van der Waals surface area contributed by atoms with Gasteiger partial charge in [0.15, 0.2) is 0 Å². The van der Waals surface area contributed by atoms with E-state index in [1.54, 1.807) is 14.2 Å². The first-order valence-electron chi connectivity index (χ1n) is 9.53. The van der Waals surface area contributed by atoms with Crippen LogP contribution in [-0.2, 0) is 0 Å². The number of piperidine rings is 1. The van der Waals surface area contributed by atoms with E-state index in [1.165, 1.54) is 0 Å². The molecule has 2 aliphatic rings. The molecule has 0 spiro atoms. The number of ether oxygens (including phenoxy) is 2. The van der Waals surface area contributed by atoms with Gasteiger partial charge in [-0.1, -0.05) is 6.07 Å². The first-order valence-corrected chi connectivity index (χ1v) is 9.53. The fourth-order valence-electron chi connectivity index (χ4n) is 3.93. The Balaban J connectivity index is 1.57. The molecule has 0 radical (unpaired) electrons. The average Bonchev–Trinajstić information content (AvgIpc) is 2.69. The predicted molar refractivity (Wildman–Crippen MR) is 102 cm³/mol. The second kappa shape index (κ2) is 8.73. The molecule has 1 amide bonds. The van der Waals surface area contributed by atoms with Gasteiger partial charge in [-0.05, 0) is 37.9 Å². The van der Waals surface area contributed by atoms with E-state index in [-0.39, 0.29) is 5.91 Å². The minimum Gasteiger partial charge on any atom is -0.496 e. The van der Waals surface area contributed by atoms with E-state index < -0.39 is 0 Å². The summed E-state index contributed by atoms with van der Waals surface area (Å²) in [6.45, 7) is 7.41. The SMILES string of the molecule is COc1cccc(OC)c1C(=O)N1CCC(CN2CCN(C)CC2)CC1. The molecule has 6 heteroatoms. The minimum absolute atomic E-state index is 0.0114. The van der Waals surface area contributed by atoms with Gasteiger partial charge in [0, 0.05) is 45.8 Å². The summed E-state index contributed by atoms with van der Waals surface area (Å²) in [6, 6.07) is 5.47. The lowest BCUT2D eigenvalue weighted by Crippen LogP contribution is -2.48. The Labute approximate surface area is 156 Å². The van der Waals surface area contributed by atoms with E-state index in [9.17, 15) is 4.79 Å². The van der Waals surface area contributed by atoms with Crippen molar-refractivity contribution in [3.8, 4) is 11.5 Å².